The summed E-state index contributed by atoms with van der Waals surface area (Å²) < 4.78 is 44.8. The van der Waals surface area contributed by atoms with E-state index in [1.54, 1.807) is 0 Å². The van der Waals surface area contributed by atoms with Gasteiger partial charge in [0, 0.05) is 7.11 Å². The number of methoxy groups -OCH3 is 1. The number of hydrogen-bond acceptors (Lipinski definition) is 5. The lowest BCUT2D eigenvalue weighted by atomic mass is 9.97. The normalized spacial score (nSPS) is 24.4. The first kappa shape index (κ1) is 24.5. The molecule has 0 saturated carbocycles. The van der Waals surface area contributed by atoms with Gasteiger partial charge in [0.05, 0.1) is 26.4 Å². The van der Waals surface area contributed by atoms with E-state index in [9.17, 15) is 4.39 Å². The minimum Gasteiger partial charge on any atom is -0.374 e. The Morgan fingerprint density at radius 2 is 1.24 bits per heavy atom. The molecule has 0 aromatic heterocycles. The second-order valence-corrected chi connectivity index (χ2v) is 8.38. The van der Waals surface area contributed by atoms with Crippen LogP contribution in [0.4, 0.5) is 4.39 Å². The van der Waals surface area contributed by atoms with Crippen molar-refractivity contribution in [3.05, 3.63) is 108 Å². The molecule has 0 spiro atoms. The van der Waals surface area contributed by atoms with E-state index in [1.807, 2.05) is 91.0 Å². The molecule has 0 N–H and O–H groups in total. The lowest BCUT2D eigenvalue weighted by Gasteiger charge is -2.32. The molecule has 3 aromatic rings. The second-order valence-electron chi connectivity index (χ2n) is 8.38. The Balaban J connectivity index is 1.52. The van der Waals surface area contributed by atoms with Crippen LogP contribution in [-0.2, 0) is 43.5 Å². The van der Waals surface area contributed by atoms with Gasteiger partial charge in [-0.25, -0.2) is 4.39 Å². The zero-order valence-electron chi connectivity index (χ0n) is 19.3. The fourth-order valence-corrected chi connectivity index (χ4v) is 4.11. The highest BCUT2D eigenvalue weighted by atomic mass is 19.1. The van der Waals surface area contributed by atoms with Crippen LogP contribution in [0, 0.1) is 0 Å². The Kier molecular flexibility index (Phi) is 8.79. The third-order valence-corrected chi connectivity index (χ3v) is 5.91. The van der Waals surface area contributed by atoms with Crippen LogP contribution in [0.5, 0.6) is 0 Å². The molecule has 34 heavy (non-hydrogen) atoms. The third-order valence-electron chi connectivity index (χ3n) is 5.91. The predicted molar refractivity (Wildman–Crippen MR) is 127 cm³/mol. The smallest absolute Gasteiger partial charge is 0.187 e. The van der Waals surface area contributed by atoms with Crippen molar-refractivity contribution in [2.24, 2.45) is 0 Å². The summed E-state index contributed by atoms with van der Waals surface area (Å²) in [6, 6.07) is 29.3. The molecule has 0 radical (unpaired) electrons. The van der Waals surface area contributed by atoms with Crippen molar-refractivity contribution in [3.63, 3.8) is 0 Å². The maximum Gasteiger partial charge on any atom is 0.187 e. The van der Waals surface area contributed by atoms with Crippen LogP contribution in [0.15, 0.2) is 91.0 Å². The van der Waals surface area contributed by atoms with Gasteiger partial charge >= 0.3 is 0 Å². The average Bonchev–Trinajstić information content (AvgIpc) is 3.20. The SMILES string of the molecule is COC1O[C@](CF)(COCc2ccccc2)[C@@H](OCc2ccccc2)[C@H]1OCc1ccccc1. The van der Waals surface area contributed by atoms with Gasteiger partial charge in [0.1, 0.15) is 18.9 Å². The molecule has 4 rings (SSSR count). The molecule has 1 aliphatic rings. The summed E-state index contributed by atoms with van der Waals surface area (Å²) in [7, 11) is 1.52. The molecule has 1 heterocycles. The summed E-state index contributed by atoms with van der Waals surface area (Å²) >= 11 is 0. The lowest BCUT2D eigenvalue weighted by molar-refractivity contribution is -0.205. The molecule has 3 aromatic carbocycles. The highest BCUT2D eigenvalue weighted by Crippen LogP contribution is 2.38. The van der Waals surface area contributed by atoms with Crippen LogP contribution in [0.2, 0.25) is 0 Å². The van der Waals surface area contributed by atoms with Crippen LogP contribution < -0.4 is 0 Å². The van der Waals surface area contributed by atoms with Crippen molar-refractivity contribution in [3.8, 4) is 0 Å². The Morgan fingerprint density at radius 1 is 0.735 bits per heavy atom. The number of benzene rings is 3. The molecule has 5 nitrogen and oxygen atoms in total. The van der Waals surface area contributed by atoms with Crippen LogP contribution in [-0.4, -0.2) is 44.5 Å². The Labute approximate surface area is 200 Å². The van der Waals surface area contributed by atoms with E-state index < -0.39 is 30.8 Å². The fourth-order valence-electron chi connectivity index (χ4n) is 4.11. The molecule has 6 heteroatoms. The van der Waals surface area contributed by atoms with E-state index >= 15 is 0 Å². The monoisotopic (exact) mass is 466 g/mol. The number of alkyl halides is 1. The molecule has 0 aliphatic carbocycles. The molecule has 0 bridgehead atoms. The van der Waals surface area contributed by atoms with Crippen molar-refractivity contribution in [1.29, 1.82) is 0 Å². The van der Waals surface area contributed by atoms with Crippen LogP contribution >= 0.6 is 0 Å². The lowest BCUT2D eigenvalue weighted by Crippen LogP contribution is -2.51. The molecule has 0 amide bonds. The van der Waals surface area contributed by atoms with Gasteiger partial charge in [-0.3, -0.25) is 0 Å². The number of hydrogen-bond donors (Lipinski definition) is 0. The first-order valence-electron chi connectivity index (χ1n) is 11.4. The minimum atomic E-state index is -1.36. The molecular weight excluding hydrogens is 435 g/mol. The standard InChI is InChI=1S/C28H31FO5/c1-30-27-25(32-18-23-13-7-3-8-14-23)26(33-19-24-15-9-4-10-16-24)28(20-29,34-27)21-31-17-22-11-5-2-6-12-22/h2-16,25-27H,17-21H2,1H3/t25-,26+,27?,28-/m1/s1. The molecular formula is C28H31FO5. The topological polar surface area (TPSA) is 46.2 Å². The summed E-state index contributed by atoms with van der Waals surface area (Å²) in [4.78, 5) is 0. The molecule has 1 saturated heterocycles. The predicted octanol–water partition coefficient (Wildman–Crippen LogP) is 5.09. The van der Waals surface area contributed by atoms with E-state index in [-0.39, 0.29) is 13.2 Å². The summed E-state index contributed by atoms with van der Waals surface area (Å²) in [5, 5.41) is 0. The quantitative estimate of drug-likeness (QED) is 0.372. The maximum absolute atomic E-state index is 14.7. The number of rotatable bonds is 12. The van der Waals surface area contributed by atoms with Gasteiger partial charge in [-0.1, -0.05) is 91.0 Å². The van der Waals surface area contributed by atoms with E-state index in [0.29, 0.717) is 13.2 Å². The highest BCUT2D eigenvalue weighted by Gasteiger charge is 2.57. The van der Waals surface area contributed by atoms with Crippen molar-refractivity contribution < 1.29 is 28.1 Å². The van der Waals surface area contributed by atoms with Crippen molar-refractivity contribution in [2.45, 2.75) is 43.9 Å². The second kappa shape index (κ2) is 12.2. The first-order chi connectivity index (χ1) is 16.7. The Bertz CT molecular complexity index is 972. The Hall–Kier alpha value is -2.61. The Morgan fingerprint density at radius 3 is 1.74 bits per heavy atom. The van der Waals surface area contributed by atoms with Gasteiger partial charge in [0.2, 0.25) is 0 Å². The largest absolute Gasteiger partial charge is 0.374 e. The summed E-state index contributed by atoms with van der Waals surface area (Å²) in [5.74, 6) is 0. The van der Waals surface area contributed by atoms with Gasteiger partial charge in [-0.05, 0) is 16.7 Å². The van der Waals surface area contributed by atoms with E-state index in [2.05, 4.69) is 0 Å². The van der Waals surface area contributed by atoms with Crippen molar-refractivity contribution in [1.82, 2.24) is 0 Å². The van der Waals surface area contributed by atoms with Crippen LogP contribution in [0.25, 0.3) is 0 Å². The van der Waals surface area contributed by atoms with Crippen LogP contribution in [0.1, 0.15) is 16.7 Å². The maximum atomic E-state index is 14.7. The summed E-state index contributed by atoms with van der Waals surface area (Å²) in [6.07, 6.45) is -2.16. The van der Waals surface area contributed by atoms with Gasteiger partial charge in [-0.2, -0.15) is 0 Å². The fraction of sp³-hybridized carbons (Fsp3) is 0.357. The average molecular weight is 467 g/mol. The third kappa shape index (κ3) is 6.09. The van der Waals surface area contributed by atoms with Gasteiger partial charge in [-0.15, -0.1) is 0 Å². The molecule has 1 unspecified atom stereocenters. The van der Waals surface area contributed by atoms with Gasteiger partial charge in [0.15, 0.2) is 11.9 Å². The van der Waals surface area contributed by atoms with Crippen molar-refractivity contribution in [2.75, 3.05) is 20.4 Å². The van der Waals surface area contributed by atoms with Gasteiger partial charge in [0.25, 0.3) is 0 Å². The molecule has 180 valence electrons. The zero-order chi connectivity index (χ0) is 23.6. The van der Waals surface area contributed by atoms with Crippen molar-refractivity contribution >= 4 is 0 Å². The molecule has 1 aliphatic heterocycles. The summed E-state index contributed by atoms with van der Waals surface area (Å²) in [5.41, 5.74) is 1.61. The van der Waals surface area contributed by atoms with Crippen LogP contribution in [0.3, 0.4) is 0 Å². The number of ether oxygens (including phenoxy) is 5. The van der Waals surface area contributed by atoms with E-state index in [1.165, 1.54) is 7.11 Å². The van der Waals surface area contributed by atoms with E-state index in [4.69, 9.17) is 23.7 Å². The number of halogens is 1. The molecule has 4 atom stereocenters. The van der Waals surface area contributed by atoms with E-state index in [0.717, 1.165) is 16.7 Å². The summed E-state index contributed by atoms with van der Waals surface area (Å²) in [6.45, 7) is 0.157. The van der Waals surface area contributed by atoms with Gasteiger partial charge < -0.3 is 23.7 Å². The zero-order valence-corrected chi connectivity index (χ0v) is 19.3. The first-order valence-corrected chi connectivity index (χ1v) is 11.4. The molecule has 1 fully saturated rings. The highest BCUT2D eigenvalue weighted by molar-refractivity contribution is 5.16. The minimum absolute atomic E-state index is 0.00288.